The number of sulfone groups is 1. The normalized spacial score (nSPS) is 11.7. The highest BCUT2D eigenvalue weighted by Crippen LogP contribution is 2.50. The van der Waals surface area contributed by atoms with Crippen LogP contribution in [0.3, 0.4) is 0 Å². The topological polar surface area (TPSA) is 91.8 Å². The average Bonchev–Trinajstić information content (AvgIpc) is 3.57. The lowest BCUT2D eigenvalue weighted by atomic mass is 10.0. The molecule has 0 saturated carbocycles. The molecule has 1 aromatic heterocycles. The van der Waals surface area contributed by atoms with E-state index in [1.165, 1.54) is 0 Å². The van der Waals surface area contributed by atoms with Crippen molar-refractivity contribution in [3.05, 3.63) is 291 Å². The number of para-hydroxylation sites is 7. The molecule has 10 heteroatoms. The van der Waals surface area contributed by atoms with Gasteiger partial charge in [-0.2, -0.15) is 0 Å². The number of hydrogen-bond acceptors (Lipinski definition) is 9. The number of benzene rings is 11. The van der Waals surface area contributed by atoms with Crippen LogP contribution in [0.15, 0.2) is 301 Å². The van der Waals surface area contributed by atoms with Crippen molar-refractivity contribution in [2.75, 3.05) is 14.7 Å². The van der Waals surface area contributed by atoms with E-state index < -0.39 is 9.84 Å². The maximum absolute atomic E-state index is 14.2. The number of rotatable bonds is 13. The number of aromatic nitrogens is 3. The van der Waals surface area contributed by atoms with E-state index in [4.69, 9.17) is 19.7 Å². The lowest BCUT2D eigenvalue weighted by molar-refractivity contribution is 0.477. The van der Waals surface area contributed by atoms with Crippen LogP contribution in [0.5, 0.6) is 11.5 Å². The number of hydrogen-bond donors (Lipinski definition) is 0. The lowest BCUT2D eigenvalue weighted by Gasteiger charge is -2.32. The summed E-state index contributed by atoms with van der Waals surface area (Å²) in [6.45, 7) is 0. The maximum atomic E-state index is 14.2. The molecule has 0 saturated heterocycles. The van der Waals surface area contributed by atoms with Gasteiger partial charge in [-0.1, -0.05) is 140 Å². The highest BCUT2D eigenvalue weighted by molar-refractivity contribution is 7.91. The Kier molecular flexibility index (Phi) is 12.8. The highest BCUT2D eigenvalue weighted by Gasteiger charge is 2.26. The van der Waals surface area contributed by atoms with E-state index in [-0.39, 0.29) is 9.79 Å². The molecule has 0 spiro atoms. The van der Waals surface area contributed by atoms with Gasteiger partial charge in [-0.25, -0.2) is 23.4 Å². The Morgan fingerprint density at radius 2 is 0.646 bits per heavy atom. The Hall–Kier alpha value is -10.4. The van der Waals surface area contributed by atoms with Gasteiger partial charge in [0.2, 0.25) is 9.84 Å². The third-order valence-electron chi connectivity index (χ3n) is 13.9. The van der Waals surface area contributed by atoms with Crippen LogP contribution in [-0.2, 0) is 9.84 Å². The minimum atomic E-state index is -3.85. The Balaban J connectivity index is 0.781. The van der Waals surface area contributed by atoms with E-state index in [0.29, 0.717) is 17.5 Å². The minimum Gasteiger partial charge on any atom is -0.453 e. The molecule has 12 aromatic rings. The van der Waals surface area contributed by atoms with Gasteiger partial charge in [0, 0.05) is 56.5 Å². The zero-order valence-electron chi connectivity index (χ0n) is 42.5. The van der Waals surface area contributed by atoms with Gasteiger partial charge in [0.05, 0.1) is 21.2 Å². The van der Waals surface area contributed by atoms with E-state index in [9.17, 15) is 8.42 Å². The third-order valence-corrected chi connectivity index (χ3v) is 15.7. The molecule has 0 fully saturated rings. The summed E-state index contributed by atoms with van der Waals surface area (Å²) in [5.74, 6) is 3.27. The SMILES string of the molecule is O=S(=O)(c1ccc(N(c2ccccc2)c2ccccc2)cc1)c1ccc(N(c2ccccc2)c2ccc(-c3cccc(-c4nc(-c5ccccc5)nc(-c5ccc(N6c7ccccc7Oc7ccccc76)cc5)n4)c3)cc2)cc1. The van der Waals surface area contributed by atoms with E-state index >= 15 is 0 Å². The largest absolute Gasteiger partial charge is 0.453 e. The molecule has 0 aliphatic carbocycles. The second-order valence-electron chi connectivity index (χ2n) is 18.9. The summed E-state index contributed by atoms with van der Waals surface area (Å²) in [4.78, 5) is 22.1. The van der Waals surface area contributed by atoms with Crippen LogP contribution in [0.1, 0.15) is 0 Å². The first kappa shape index (κ1) is 48.2. The average molecular weight is 1040 g/mol. The molecule has 1 aliphatic heterocycles. The maximum Gasteiger partial charge on any atom is 0.206 e. The van der Waals surface area contributed by atoms with E-state index in [1.54, 1.807) is 24.3 Å². The molecule has 13 rings (SSSR count). The van der Waals surface area contributed by atoms with Crippen LogP contribution in [0.4, 0.5) is 51.2 Å². The Labute approximate surface area is 459 Å². The van der Waals surface area contributed by atoms with Crippen molar-refractivity contribution < 1.29 is 13.2 Å². The predicted octanol–water partition coefficient (Wildman–Crippen LogP) is 17.9. The summed E-state index contributed by atoms with van der Waals surface area (Å²) >= 11 is 0. The van der Waals surface area contributed by atoms with Crippen LogP contribution in [0.25, 0.3) is 45.3 Å². The molecule has 0 bridgehead atoms. The molecule has 0 atom stereocenters. The van der Waals surface area contributed by atoms with Crippen LogP contribution >= 0.6 is 0 Å². The smallest absolute Gasteiger partial charge is 0.206 e. The van der Waals surface area contributed by atoms with Gasteiger partial charge in [0.15, 0.2) is 29.0 Å². The van der Waals surface area contributed by atoms with Gasteiger partial charge in [-0.05, 0) is 163 Å². The van der Waals surface area contributed by atoms with E-state index in [2.05, 4.69) is 87.5 Å². The van der Waals surface area contributed by atoms with Crippen molar-refractivity contribution in [1.29, 1.82) is 0 Å². The first-order chi connectivity index (χ1) is 38.9. The molecule has 11 aromatic carbocycles. The fourth-order valence-electron chi connectivity index (χ4n) is 10.0. The molecular formula is C69H48N6O3S. The van der Waals surface area contributed by atoms with Gasteiger partial charge in [-0.15, -0.1) is 0 Å². The quantitative estimate of drug-likeness (QED) is 0.112. The first-order valence-electron chi connectivity index (χ1n) is 25.9. The number of fused-ring (bicyclic) bond motifs is 2. The molecule has 0 N–H and O–H groups in total. The molecule has 1 aliphatic rings. The zero-order valence-corrected chi connectivity index (χ0v) is 43.3. The molecule has 0 unspecified atom stereocenters. The molecule has 9 nitrogen and oxygen atoms in total. The fraction of sp³-hybridized carbons (Fsp3) is 0. The second-order valence-corrected chi connectivity index (χ2v) is 20.8. The summed E-state index contributed by atoms with van der Waals surface area (Å²) in [7, 11) is -3.85. The monoisotopic (exact) mass is 1040 g/mol. The summed E-state index contributed by atoms with van der Waals surface area (Å²) < 4.78 is 34.7. The summed E-state index contributed by atoms with van der Waals surface area (Å²) in [5, 5.41) is 0. The van der Waals surface area contributed by atoms with E-state index in [0.717, 1.165) is 90.5 Å². The second kappa shape index (κ2) is 21.0. The van der Waals surface area contributed by atoms with E-state index in [1.807, 2.05) is 194 Å². The third kappa shape index (κ3) is 9.65. The number of ether oxygens (including phenoxy) is 1. The Morgan fingerprint density at radius 1 is 0.304 bits per heavy atom. The van der Waals surface area contributed by atoms with Gasteiger partial charge >= 0.3 is 0 Å². The standard InChI is InChI=1S/C69H48N6O3S/c76-79(77,61-44-40-58(41-45-61)73(54-22-7-2-8-23-54)55-24-9-3-10-25-55)62-46-42-59(43-47-62)74(56-26-11-4-12-27-56)57-36-32-49(33-37-57)52-20-17-21-53(48-52)69-71-67(50-18-5-1-6-19-50)70-68(72-69)51-34-38-60(39-35-51)75-63-28-13-15-30-65(63)78-66-31-16-14-29-64(66)75/h1-48H. The van der Waals surface area contributed by atoms with Gasteiger partial charge < -0.3 is 19.4 Å². The predicted molar refractivity (Wildman–Crippen MR) is 318 cm³/mol. The zero-order chi connectivity index (χ0) is 53.1. The summed E-state index contributed by atoms with van der Waals surface area (Å²) in [6.07, 6.45) is 0. The van der Waals surface area contributed by atoms with Crippen molar-refractivity contribution in [3.63, 3.8) is 0 Å². The van der Waals surface area contributed by atoms with Crippen LogP contribution in [0.2, 0.25) is 0 Å². The summed E-state index contributed by atoms with van der Waals surface area (Å²) in [5.41, 5.74) is 12.9. The minimum absolute atomic E-state index is 0.205. The molecule has 0 radical (unpaired) electrons. The molecular weight excluding hydrogens is 993 g/mol. The van der Waals surface area contributed by atoms with Crippen LogP contribution in [-0.4, -0.2) is 23.4 Å². The van der Waals surface area contributed by atoms with Crippen molar-refractivity contribution in [3.8, 4) is 56.8 Å². The van der Waals surface area contributed by atoms with Gasteiger partial charge in [0.1, 0.15) is 0 Å². The molecule has 2 heterocycles. The Bertz CT molecular complexity index is 4130. The highest BCUT2D eigenvalue weighted by atomic mass is 32.2. The van der Waals surface area contributed by atoms with Crippen molar-refractivity contribution in [1.82, 2.24) is 15.0 Å². The lowest BCUT2D eigenvalue weighted by Crippen LogP contribution is -2.15. The summed E-state index contributed by atoms with van der Waals surface area (Å²) in [6, 6.07) is 95.3. The number of nitrogens with zero attached hydrogens (tertiary/aromatic N) is 6. The van der Waals surface area contributed by atoms with Gasteiger partial charge in [0.25, 0.3) is 0 Å². The molecule has 79 heavy (non-hydrogen) atoms. The number of anilines is 9. The van der Waals surface area contributed by atoms with Crippen molar-refractivity contribution in [2.45, 2.75) is 9.79 Å². The van der Waals surface area contributed by atoms with Crippen LogP contribution in [0, 0.1) is 0 Å². The molecule has 0 amide bonds. The van der Waals surface area contributed by atoms with Crippen molar-refractivity contribution in [2.24, 2.45) is 0 Å². The molecule has 378 valence electrons. The van der Waals surface area contributed by atoms with Gasteiger partial charge in [-0.3, -0.25) is 0 Å². The Morgan fingerprint density at radius 3 is 1.11 bits per heavy atom. The van der Waals surface area contributed by atoms with Crippen LogP contribution < -0.4 is 19.4 Å². The van der Waals surface area contributed by atoms with Crippen molar-refractivity contribution >= 4 is 61.0 Å². The fourth-order valence-corrected chi connectivity index (χ4v) is 11.3. The first-order valence-corrected chi connectivity index (χ1v) is 27.4.